The number of oxazole rings is 1. The molecule has 1 aliphatic rings. The van der Waals surface area contributed by atoms with Crippen LogP contribution in [0.25, 0.3) is 11.3 Å². The van der Waals surface area contributed by atoms with Gasteiger partial charge in [-0.3, -0.25) is 9.69 Å². The van der Waals surface area contributed by atoms with E-state index in [4.69, 9.17) is 4.42 Å². The zero-order valence-corrected chi connectivity index (χ0v) is 18.5. The van der Waals surface area contributed by atoms with Gasteiger partial charge in [-0.1, -0.05) is 67.1 Å². The molecule has 1 aromatic heterocycles. The van der Waals surface area contributed by atoms with Crippen LogP contribution in [0.15, 0.2) is 65.2 Å². The van der Waals surface area contributed by atoms with Gasteiger partial charge < -0.3 is 9.32 Å². The number of carbonyl (C=O) groups excluding carboxylic acids is 1. The van der Waals surface area contributed by atoms with E-state index < -0.39 is 0 Å². The van der Waals surface area contributed by atoms with E-state index in [2.05, 4.69) is 65.0 Å². The van der Waals surface area contributed by atoms with Crippen molar-refractivity contribution in [1.29, 1.82) is 0 Å². The third kappa shape index (κ3) is 5.42. The maximum absolute atomic E-state index is 13.0. The Labute approximate surface area is 184 Å². The lowest BCUT2D eigenvalue weighted by atomic mass is 10.1. The largest absolute Gasteiger partial charge is 0.441 e. The standard InChI is InChI=1S/C26H31N3O2/c1-3-23-19-28(18-21-7-5-4-6-8-21)15-16-29(23)26(30)14-13-25-27-17-24(31-25)22-11-9-20(2)10-12-22/h4-12,17,23H,3,13-16,18-19H2,1-2H3/t23-/m0/s1. The van der Waals surface area contributed by atoms with Crippen molar-refractivity contribution in [3.05, 3.63) is 77.8 Å². The van der Waals surface area contributed by atoms with Crippen LogP contribution >= 0.6 is 0 Å². The van der Waals surface area contributed by atoms with Crippen LogP contribution in [0.5, 0.6) is 0 Å². The molecule has 2 aromatic carbocycles. The fraction of sp³-hybridized carbons (Fsp3) is 0.385. The summed E-state index contributed by atoms with van der Waals surface area (Å²) in [5.41, 5.74) is 3.55. The number of aryl methyl sites for hydroxylation is 2. The molecule has 1 amide bonds. The maximum Gasteiger partial charge on any atom is 0.223 e. The molecule has 4 rings (SSSR count). The van der Waals surface area contributed by atoms with E-state index in [0.29, 0.717) is 18.7 Å². The highest BCUT2D eigenvalue weighted by atomic mass is 16.4. The van der Waals surface area contributed by atoms with Gasteiger partial charge in [0.15, 0.2) is 11.7 Å². The minimum absolute atomic E-state index is 0.196. The van der Waals surface area contributed by atoms with Crippen molar-refractivity contribution in [3.63, 3.8) is 0 Å². The molecule has 0 aliphatic carbocycles. The highest BCUT2D eigenvalue weighted by Crippen LogP contribution is 2.22. The smallest absolute Gasteiger partial charge is 0.223 e. The molecule has 1 atom stereocenters. The van der Waals surface area contributed by atoms with Crippen molar-refractivity contribution < 1.29 is 9.21 Å². The van der Waals surface area contributed by atoms with Crippen molar-refractivity contribution in [2.75, 3.05) is 19.6 Å². The SMILES string of the molecule is CC[C@H]1CN(Cc2ccccc2)CCN1C(=O)CCc1ncc(-c2ccc(C)cc2)o1. The van der Waals surface area contributed by atoms with E-state index in [1.807, 2.05) is 18.2 Å². The predicted molar refractivity (Wildman–Crippen MR) is 123 cm³/mol. The van der Waals surface area contributed by atoms with Crippen LogP contribution in [0.2, 0.25) is 0 Å². The van der Waals surface area contributed by atoms with Crippen LogP contribution in [0.3, 0.4) is 0 Å². The number of benzene rings is 2. The van der Waals surface area contributed by atoms with Crippen molar-refractivity contribution in [2.45, 2.75) is 45.7 Å². The van der Waals surface area contributed by atoms with Crippen LogP contribution in [0.1, 0.15) is 36.8 Å². The van der Waals surface area contributed by atoms with Gasteiger partial charge in [-0.05, 0) is 18.9 Å². The van der Waals surface area contributed by atoms with Gasteiger partial charge in [0.2, 0.25) is 5.91 Å². The summed E-state index contributed by atoms with van der Waals surface area (Å²) in [4.78, 5) is 21.9. The molecule has 3 aromatic rings. The van der Waals surface area contributed by atoms with E-state index in [-0.39, 0.29) is 11.9 Å². The Hall–Kier alpha value is -2.92. The number of hydrogen-bond acceptors (Lipinski definition) is 4. The number of rotatable bonds is 7. The normalized spacial score (nSPS) is 17.1. The Morgan fingerprint density at radius 2 is 1.87 bits per heavy atom. The van der Waals surface area contributed by atoms with Gasteiger partial charge in [-0.25, -0.2) is 4.98 Å². The molecule has 0 unspecified atom stereocenters. The molecule has 5 nitrogen and oxygen atoms in total. The number of aromatic nitrogens is 1. The number of piperazine rings is 1. The molecule has 31 heavy (non-hydrogen) atoms. The molecule has 0 N–H and O–H groups in total. The van der Waals surface area contributed by atoms with Crippen molar-refractivity contribution in [2.24, 2.45) is 0 Å². The fourth-order valence-electron chi connectivity index (χ4n) is 4.22. The van der Waals surface area contributed by atoms with E-state index in [1.165, 1.54) is 11.1 Å². The first-order valence-electron chi connectivity index (χ1n) is 11.2. The highest BCUT2D eigenvalue weighted by Gasteiger charge is 2.29. The molecule has 2 heterocycles. The van der Waals surface area contributed by atoms with Gasteiger partial charge in [-0.2, -0.15) is 0 Å². The summed E-state index contributed by atoms with van der Waals surface area (Å²) in [6.45, 7) is 7.79. The van der Waals surface area contributed by atoms with Crippen LogP contribution in [0, 0.1) is 6.92 Å². The van der Waals surface area contributed by atoms with Gasteiger partial charge >= 0.3 is 0 Å². The molecule has 0 saturated carbocycles. The average Bonchev–Trinajstić information content (AvgIpc) is 3.27. The third-order valence-electron chi connectivity index (χ3n) is 6.05. The van der Waals surface area contributed by atoms with Crippen molar-refractivity contribution in [3.8, 4) is 11.3 Å². The molecule has 1 saturated heterocycles. The minimum atomic E-state index is 0.196. The molecule has 1 aliphatic heterocycles. The van der Waals surface area contributed by atoms with Crippen LogP contribution in [-0.4, -0.2) is 46.4 Å². The molecule has 5 heteroatoms. The van der Waals surface area contributed by atoms with E-state index in [1.54, 1.807) is 6.20 Å². The van der Waals surface area contributed by atoms with Gasteiger partial charge in [0, 0.05) is 50.6 Å². The van der Waals surface area contributed by atoms with Crippen LogP contribution in [-0.2, 0) is 17.8 Å². The summed E-state index contributed by atoms with van der Waals surface area (Å²) in [7, 11) is 0. The third-order valence-corrected chi connectivity index (χ3v) is 6.05. The first-order valence-corrected chi connectivity index (χ1v) is 11.2. The summed E-state index contributed by atoms with van der Waals surface area (Å²) >= 11 is 0. The number of amides is 1. The second-order valence-electron chi connectivity index (χ2n) is 8.35. The number of carbonyl (C=O) groups is 1. The predicted octanol–water partition coefficient (Wildman–Crippen LogP) is 4.71. The van der Waals surface area contributed by atoms with Crippen LogP contribution < -0.4 is 0 Å². The first kappa shape index (κ1) is 21.3. The second-order valence-corrected chi connectivity index (χ2v) is 8.35. The lowest BCUT2D eigenvalue weighted by molar-refractivity contribution is -0.136. The summed E-state index contributed by atoms with van der Waals surface area (Å²) in [5.74, 6) is 1.57. The molecule has 0 radical (unpaired) electrons. The topological polar surface area (TPSA) is 49.6 Å². The highest BCUT2D eigenvalue weighted by molar-refractivity contribution is 5.77. The molecule has 0 bridgehead atoms. The van der Waals surface area contributed by atoms with Crippen LogP contribution in [0.4, 0.5) is 0 Å². The molecule has 162 valence electrons. The Balaban J connectivity index is 1.31. The molecular formula is C26H31N3O2. The van der Waals surface area contributed by atoms with E-state index in [9.17, 15) is 4.79 Å². The Morgan fingerprint density at radius 1 is 1.10 bits per heavy atom. The quantitative estimate of drug-likeness (QED) is 0.559. The fourth-order valence-corrected chi connectivity index (χ4v) is 4.22. The summed E-state index contributed by atoms with van der Waals surface area (Å²) in [5, 5.41) is 0. The van der Waals surface area contributed by atoms with Crippen molar-refractivity contribution >= 4 is 5.91 Å². The average molecular weight is 418 g/mol. The Morgan fingerprint density at radius 3 is 2.61 bits per heavy atom. The monoisotopic (exact) mass is 417 g/mol. The summed E-state index contributed by atoms with van der Waals surface area (Å²) in [6, 6.07) is 19.0. The second kappa shape index (κ2) is 9.92. The van der Waals surface area contributed by atoms with Gasteiger partial charge in [0.05, 0.1) is 6.20 Å². The van der Waals surface area contributed by atoms with E-state index >= 15 is 0 Å². The lowest BCUT2D eigenvalue weighted by Crippen LogP contribution is -2.54. The van der Waals surface area contributed by atoms with Crippen molar-refractivity contribution in [1.82, 2.24) is 14.8 Å². The Kier molecular flexibility index (Phi) is 6.82. The number of nitrogens with zero attached hydrogens (tertiary/aromatic N) is 3. The van der Waals surface area contributed by atoms with Gasteiger partial charge in [0.1, 0.15) is 0 Å². The Bertz CT molecular complexity index is 981. The van der Waals surface area contributed by atoms with E-state index in [0.717, 1.165) is 43.9 Å². The van der Waals surface area contributed by atoms with Gasteiger partial charge in [0.25, 0.3) is 0 Å². The summed E-state index contributed by atoms with van der Waals surface area (Å²) < 4.78 is 5.89. The zero-order valence-electron chi connectivity index (χ0n) is 18.5. The molecule has 0 spiro atoms. The minimum Gasteiger partial charge on any atom is -0.441 e. The first-order chi connectivity index (χ1) is 15.1. The molecular weight excluding hydrogens is 386 g/mol. The zero-order chi connectivity index (χ0) is 21.6. The summed E-state index contributed by atoms with van der Waals surface area (Å²) in [6.07, 6.45) is 3.68. The molecule has 1 fully saturated rings. The maximum atomic E-state index is 13.0. The lowest BCUT2D eigenvalue weighted by Gasteiger charge is -2.41. The van der Waals surface area contributed by atoms with Gasteiger partial charge in [-0.15, -0.1) is 0 Å². The number of hydrogen-bond donors (Lipinski definition) is 0.